The number of phenols is 1. The summed E-state index contributed by atoms with van der Waals surface area (Å²) in [4.78, 5) is 28.6. The molecule has 0 radical (unpaired) electrons. The van der Waals surface area contributed by atoms with Crippen LogP contribution in [0, 0.1) is 6.92 Å². The smallest absolute Gasteiger partial charge is 0.275 e. The standard InChI is InChI=1S/C12H11N3O3/c1-7-4-8(2-3-10(7)16)15-12(18)9-5-14-11(17)6-13-9/h2-6,16H,1H3,(H,14,17)(H,15,18). The Balaban J connectivity index is 2.18. The largest absolute Gasteiger partial charge is 0.508 e. The van der Waals surface area contributed by atoms with Crippen molar-refractivity contribution in [2.45, 2.75) is 6.92 Å². The van der Waals surface area contributed by atoms with Crippen molar-refractivity contribution in [1.29, 1.82) is 0 Å². The number of carbonyl (C=O) groups is 1. The summed E-state index contributed by atoms with van der Waals surface area (Å²) in [6, 6.07) is 4.70. The van der Waals surface area contributed by atoms with Crippen molar-refractivity contribution in [3.8, 4) is 5.75 Å². The van der Waals surface area contributed by atoms with Gasteiger partial charge in [0.2, 0.25) is 0 Å². The molecule has 0 spiro atoms. The minimum atomic E-state index is -0.434. The first-order valence-corrected chi connectivity index (χ1v) is 5.22. The van der Waals surface area contributed by atoms with Crippen LogP contribution in [0.3, 0.4) is 0 Å². The first-order valence-electron chi connectivity index (χ1n) is 5.22. The quantitative estimate of drug-likeness (QED) is 0.689. The molecule has 3 N–H and O–H groups in total. The van der Waals surface area contributed by atoms with Crippen LogP contribution in [0.5, 0.6) is 5.75 Å². The van der Waals surface area contributed by atoms with Gasteiger partial charge in [0.25, 0.3) is 11.5 Å². The highest BCUT2D eigenvalue weighted by Gasteiger charge is 2.08. The fourth-order valence-electron chi connectivity index (χ4n) is 1.39. The van der Waals surface area contributed by atoms with E-state index in [2.05, 4.69) is 15.3 Å². The number of phenolic OH excluding ortho intramolecular Hbond substituents is 1. The Morgan fingerprint density at radius 3 is 2.83 bits per heavy atom. The number of H-pyrrole nitrogens is 1. The van der Waals surface area contributed by atoms with Crippen LogP contribution in [0.2, 0.25) is 0 Å². The van der Waals surface area contributed by atoms with E-state index in [0.29, 0.717) is 11.3 Å². The molecule has 0 unspecified atom stereocenters. The van der Waals surface area contributed by atoms with E-state index in [4.69, 9.17) is 0 Å². The molecule has 92 valence electrons. The van der Waals surface area contributed by atoms with Crippen LogP contribution < -0.4 is 10.9 Å². The molecule has 0 saturated carbocycles. The normalized spacial score (nSPS) is 10.1. The summed E-state index contributed by atoms with van der Waals surface area (Å²) in [5.74, 6) is -0.272. The van der Waals surface area contributed by atoms with Gasteiger partial charge in [-0.3, -0.25) is 9.59 Å². The van der Waals surface area contributed by atoms with Crippen molar-refractivity contribution in [3.05, 3.63) is 52.2 Å². The minimum absolute atomic E-state index is 0.111. The van der Waals surface area contributed by atoms with E-state index in [9.17, 15) is 14.7 Å². The summed E-state index contributed by atoms with van der Waals surface area (Å²) < 4.78 is 0. The van der Waals surface area contributed by atoms with Gasteiger partial charge in [0, 0.05) is 11.9 Å². The Hall–Kier alpha value is -2.63. The molecule has 1 aromatic carbocycles. The highest BCUT2D eigenvalue weighted by molar-refractivity contribution is 6.02. The van der Waals surface area contributed by atoms with Gasteiger partial charge < -0.3 is 15.4 Å². The molecule has 1 aromatic heterocycles. The van der Waals surface area contributed by atoms with Gasteiger partial charge in [0.05, 0.1) is 6.20 Å². The number of aryl methyl sites for hydroxylation is 1. The topological polar surface area (TPSA) is 95.1 Å². The lowest BCUT2D eigenvalue weighted by molar-refractivity contribution is 0.102. The summed E-state index contributed by atoms with van der Waals surface area (Å²) >= 11 is 0. The number of hydrogen-bond donors (Lipinski definition) is 3. The molecule has 0 bridgehead atoms. The number of aromatic hydroxyl groups is 1. The van der Waals surface area contributed by atoms with Crippen LogP contribution in [-0.4, -0.2) is 21.0 Å². The van der Waals surface area contributed by atoms with E-state index in [1.54, 1.807) is 19.1 Å². The van der Waals surface area contributed by atoms with Gasteiger partial charge in [-0.15, -0.1) is 0 Å². The summed E-state index contributed by atoms with van der Waals surface area (Å²) in [6.45, 7) is 1.73. The average Bonchev–Trinajstić information content (AvgIpc) is 2.34. The Labute approximate surface area is 102 Å². The highest BCUT2D eigenvalue weighted by Crippen LogP contribution is 2.20. The molecule has 1 amide bonds. The van der Waals surface area contributed by atoms with E-state index in [0.717, 1.165) is 6.20 Å². The molecular formula is C12H11N3O3. The SMILES string of the molecule is Cc1cc(NC(=O)c2c[nH]c(=O)cn2)ccc1O. The maximum Gasteiger partial charge on any atom is 0.275 e. The molecule has 6 nitrogen and oxygen atoms in total. The molecule has 2 rings (SSSR count). The van der Waals surface area contributed by atoms with Crippen molar-refractivity contribution in [3.63, 3.8) is 0 Å². The zero-order valence-corrected chi connectivity index (χ0v) is 9.60. The predicted octanol–water partition coefficient (Wildman–Crippen LogP) is 1.04. The van der Waals surface area contributed by atoms with Gasteiger partial charge in [0.1, 0.15) is 11.4 Å². The lowest BCUT2D eigenvalue weighted by Gasteiger charge is -2.06. The minimum Gasteiger partial charge on any atom is -0.508 e. The summed E-state index contributed by atoms with van der Waals surface area (Å²) in [5, 5.41) is 12.0. The van der Waals surface area contributed by atoms with E-state index in [1.165, 1.54) is 12.3 Å². The molecular weight excluding hydrogens is 234 g/mol. The third kappa shape index (κ3) is 2.54. The fraction of sp³-hybridized carbons (Fsp3) is 0.0833. The number of anilines is 1. The molecule has 18 heavy (non-hydrogen) atoms. The van der Waals surface area contributed by atoms with Crippen molar-refractivity contribution >= 4 is 11.6 Å². The van der Waals surface area contributed by atoms with Crippen molar-refractivity contribution in [2.75, 3.05) is 5.32 Å². The molecule has 0 aliphatic carbocycles. The maximum atomic E-state index is 11.8. The van der Waals surface area contributed by atoms with Gasteiger partial charge in [0.15, 0.2) is 0 Å². The zero-order chi connectivity index (χ0) is 13.1. The monoisotopic (exact) mass is 245 g/mol. The van der Waals surface area contributed by atoms with E-state index >= 15 is 0 Å². The lowest BCUT2D eigenvalue weighted by atomic mass is 10.2. The van der Waals surface area contributed by atoms with E-state index in [1.807, 2.05) is 0 Å². The second-order valence-corrected chi connectivity index (χ2v) is 3.75. The number of nitrogens with zero attached hydrogens (tertiary/aromatic N) is 1. The number of hydrogen-bond acceptors (Lipinski definition) is 4. The van der Waals surface area contributed by atoms with E-state index in [-0.39, 0.29) is 17.0 Å². The van der Waals surface area contributed by atoms with Crippen LogP contribution in [0.25, 0.3) is 0 Å². The zero-order valence-electron chi connectivity index (χ0n) is 9.60. The number of rotatable bonds is 2. The molecule has 1 heterocycles. The van der Waals surface area contributed by atoms with Crippen molar-refractivity contribution in [1.82, 2.24) is 9.97 Å². The number of benzene rings is 1. The molecule has 6 heteroatoms. The average molecular weight is 245 g/mol. The van der Waals surface area contributed by atoms with Gasteiger partial charge in [-0.25, -0.2) is 4.98 Å². The Bertz CT molecular complexity index is 629. The molecule has 0 saturated heterocycles. The third-order valence-corrected chi connectivity index (χ3v) is 2.36. The van der Waals surface area contributed by atoms with Gasteiger partial charge in [-0.2, -0.15) is 0 Å². The molecule has 0 aliphatic heterocycles. The molecule has 0 aliphatic rings. The van der Waals surface area contributed by atoms with Crippen molar-refractivity contribution in [2.24, 2.45) is 0 Å². The van der Waals surface area contributed by atoms with Gasteiger partial charge in [-0.05, 0) is 30.7 Å². The lowest BCUT2D eigenvalue weighted by Crippen LogP contribution is -2.16. The highest BCUT2D eigenvalue weighted by atomic mass is 16.3. The number of amides is 1. The third-order valence-electron chi connectivity index (χ3n) is 2.36. The molecule has 2 aromatic rings. The number of nitrogens with one attached hydrogen (secondary N) is 2. The maximum absolute atomic E-state index is 11.8. The van der Waals surface area contributed by atoms with Crippen molar-refractivity contribution < 1.29 is 9.90 Å². The van der Waals surface area contributed by atoms with Gasteiger partial charge >= 0.3 is 0 Å². The van der Waals surface area contributed by atoms with Crippen LogP contribution in [0.15, 0.2) is 35.4 Å². The Morgan fingerprint density at radius 2 is 2.22 bits per heavy atom. The van der Waals surface area contributed by atoms with E-state index < -0.39 is 5.91 Å². The first-order chi connectivity index (χ1) is 8.56. The molecule has 0 atom stereocenters. The molecule has 0 fully saturated rings. The van der Waals surface area contributed by atoms with Crippen LogP contribution in [-0.2, 0) is 0 Å². The van der Waals surface area contributed by atoms with Gasteiger partial charge in [-0.1, -0.05) is 0 Å². The summed E-state index contributed by atoms with van der Waals surface area (Å²) in [5.41, 5.74) is 0.942. The predicted molar refractivity (Wildman–Crippen MR) is 65.7 cm³/mol. The van der Waals surface area contributed by atoms with Crippen LogP contribution in [0.4, 0.5) is 5.69 Å². The summed E-state index contributed by atoms with van der Waals surface area (Å²) in [6.07, 6.45) is 2.28. The first kappa shape index (κ1) is 11.8. The Kier molecular flexibility index (Phi) is 3.09. The number of carbonyl (C=O) groups excluding carboxylic acids is 1. The number of aromatic nitrogens is 2. The second-order valence-electron chi connectivity index (χ2n) is 3.75. The van der Waals surface area contributed by atoms with Crippen LogP contribution in [0.1, 0.15) is 16.1 Å². The Morgan fingerprint density at radius 1 is 1.44 bits per heavy atom. The number of aromatic amines is 1. The summed E-state index contributed by atoms with van der Waals surface area (Å²) in [7, 11) is 0. The second kappa shape index (κ2) is 4.70. The van der Waals surface area contributed by atoms with Crippen LogP contribution >= 0.6 is 0 Å². The fourth-order valence-corrected chi connectivity index (χ4v) is 1.39.